The lowest BCUT2D eigenvalue weighted by Crippen LogP contribution is -2.57. The third kappa shape index (κ3) is 5.02. The lowest BCUT2D eigenvalue weighted by molar-refractivity contribution is -0.142. The number of halogens is 5. The minimum Gasteiger partial charge on any atom is -0.363 e. The fraction of sp³-hybridized carbons (Fsp3) is 0.500. The Hall–Kier alpha value is -3.05. The number of likely N-dealkylation sites (tertiary alicyclic amines) is 1. The lowest BCUT2D eigenvalue weighted by atomic mass is 9.78. The van der Waals surface area contributed by atoms with Crippen molar-refractivity contribution in [2.24, 2.45) is 7.05 Å². The monoisotopic (exact) mass is 546 g/mol. The number of aryl methyl sites for hydroxylation is 1. The third-order valence-electron chi connectivity index (χ3n) is 8.37. The first kappa shape index (κ1) is 26.2. The van der Waals surface area contributed by atoms with E-state index >= 15 is 0 Å². The van der Waals surface area contributed by atoms with Gasteiger partial charge in [0.2, 0.25) is 0 Å². The zero-order valence-electron chi connectivity index (χ0n) is 21.9. The van der Waals surface area contributed by atoms with Crippen LogP contribution in [0.3, 0.4) is 0 Å². The van der Waals surface area contributed by atoms with Crippen LogP contribution in [-0.4, -0.2) is 44.2 Å². The van der Waals surface area contributed by atoms with Crippen molar-refractivity contribution in [2.75, 3.05) is 18.0 Å². The molecule has 2 aromatic carbocycles. The van der Waals surface area contributed by atoms with E-state index < -0.39 is 36.8 Å². The van der Waals surface area contributed by atoms with Gasteiger partial charge in [0.25, 0.3) is 5.92 Å². The number of benzene rings is 2. The van der Waals surface area contributed by atoms with E-state index in [0.717, 1.165) is 30.5 Å². The molecule has 1 saturated carbocycles. The number of anilines is 1. The highest BCUT2D eigenvalue weighted by Crippen LogP contribution is 2.42. The molecule has 3 aliphatic rings. The van der Waals surface area contributed by atoms with Crippen LogP contribution in [0.2, 0.25) is 0 Å². The summed E-state index contributed by atoms with van der Waals surface area (Å²) in [5.41, 5.74) is 2.46. The number of alkyl halides is 5. The standard InChI is InChI=1S/C28H31F5N6/c1-26(7-4-8-26)34-12-18-9-20-13-38(14-22(20)23(10-18)28(31,32)33)21-6-3-5-19(11-21)24(25-36-35-17-37(25)2)39-15-27(29,30)16-39/h3,5-6,9-11,17,24,34H,4,7-8,12-16H2,1-2H3. The molecule has 2 fully saturated rings. The molecule has 208 valence electrons. The minimum absolute atomic E-state index is 0.0103. The van der Waals surface area contributed by atoms with Gasteiger partial charge in [-0.05, 0) is 66.6 Å². The maximum atomic E-state index is 14.1. The van der Waals surface area contributed by atoms with Gasteiger partial charge < -0.3 is 14.8 Å². The van der Waals surface area contributed by atoms with Crippen LogP contribution in [0.15, 0.2) is 42.7 Å². The Morgan fingerprint density at radius 2 is 1.85 bits per heavy atom. The summed E-state index contributed by atoms with van der Waals surface area (Å²) >= 11 is 0. The van der Waals surface area contributed by atoms with Crippen LogP contribution in [0.5, 0.6) is 0 Å². The molecule has 0 radical (unpaired) electrons. The van der Waals surface area contributed by atoms with Gasteiger partial charge in [-0.3, -0.25) is 4.90 Å². The van der Waals surface area contributed by atoms with Crippen molar-refractivity contribution in [1.82, 2.24) is 25.0 Å². The van der Waals surface area contributed by atoms with E-state index in [9.17, 15) is 22.0 Å². The fourth-order valence-corrected chi connectivity index (χ4v) is 6.00. The molecule has 6 nitrogen and oxygen atoms in total. The first-order chi connectivity index (χ1) is 18.4. The van der Waals surface area contributed by atoms with Gasteiger partial charge in [0.1, 0.15) is 6.33 Å². The second-order valence-electron chi connectivity index (χ2n) is 11.5. The smallest absolute Gasteiger partial charge is 0.363 e. The van der Waals surface area contributed by atoms with E-state index in [1.807, 2.05) is 35.2 Å². The highest BCUT2D eigenvalue weighted by Gasteiger charge is 2.48. The van der Waals surface area contributed by atoms with Crippen LogP contribution < -0.4 is 10.2 Å². The largest absolute Gasteiger partial charge is 0.416 e. The number of fused-ring (bicyclic) bond motifs is 1. The Labute approximate surface area is 223 Å². The third-order valence-corrected chi connectivity index (χ3v) is 8.37. The number of nitrogens with one attached hydrogen (secondary N) is 1. The summed E-state index contributed by atoms with van der Waals surface area (Å²) in [6.45, 7) is 2.17. The van der Waals surface area contributed by atoms with E-state index in [1.54, 1.807) is 16.5 Å². The van der Waals surface area contributed by atoms with E-state index in [1.165, 1.54) is 12.4 Å². The number of nitrogens with zero attached hydrogens (tertiary/aromatic N) is 5. The molecule has 11 heteroatoms. The summed E-state index contributed by atoms with van der Waals surface area (Å²) in [5, 5.41) is 11.5. The van der Waals surface area contributed by atoms with Crippen LogP contribution in [-0.2, 0) is 32.9 Å². The van der Waals surface area contributed by atoms with Crippen molar-refractivity contribution in [3.63, 3.8) is 0 Å². The summed E-state index contributed by atoms with van der Waals surface area (Å²) in [5.74, 6) is -2.23. The Bertz CT molecular complexity index is 1370. The van der Waals surface area contributed by atoms with Gasteiger partial charge in [-0.25, -0.2) is 8.78 Å². The summed E-state index contributed by atoms with van der Waals surface area (Å²) < 4.78 is 71.7. The van der Waals surface area contributed by atoms with E-state index in [0.29, 0.717) is 35.6 Å². The zero-order chi connectivity index (χ0) is 27.6. The van der Waals surface area contributed by atoms with Crippen LogP contribution in [0.4, 0.5) is 27.6 Å². The average Bonchev–Trinajstić information content (AvgIpc) is 3.46. The number of rotatable bonds is 7. The summed E-state index contributed by atoms with van der Waals surface area (Å²) in [6.07, 6.45) is 0.249. The summed E-state index contributed by atoms with van der Waals surface area (Å²) in [7, 11) is 1.76. The van der Waals surface area contributed by atoms with Crippen LogP contribution in [0.25, 0.3) is 0 Å². The first-order valence-electron chi connectivity index (χ1n) is 13.2. The molecule has 1 saturated heterocycles. The predicted octanol–water partition coefficient (Wildman–Crippen LogP) is 5.43. The van der Waals surface area contributed by atoms with E-state index in [-0.39, 0.29) is 12.1 Å². The summed E-state index contributed by atoms with van der Waals surface area (Å²) in [4.78, 5) is 3.55. The van der Waals surface area contributed by atoms with Crippen molar-refractivity contribution >= 4 is 5.69 Å². The molecular weight excluding hydrogens is 515 g/mol. The van der Waals surface area contributed by atoms with Gasteiger partial charge in [0.05, 0.1) is 24.7 Å². The molecule has 2 aliphatic heterocycles. The Balaban J connectivity index is 1.29. The van der Waals surface area contributed by atoms with E-state index in [4.69, 9.17) is 0 Å². The van der Waals surface area contributed by atoms with Crippen LogP contribution in [0.1, 0.15) is 65.9 Å². The number of hydrogen-bond donors (Lipinski definition) is 1. The normalized spacial score (nSPS) is 20.8. The fourth-order valence-electron chi connectivity index (χ4n) is 6.00. The highest BCUT2D eigenvalue weighted by molar-refractivity contribution is 5.56. The van der Waals surface area contributed by atoms with Gasteiger partial charge in [-0.1, -0.05) is 18.2 Å². The molecule has 1 N–H and O–H groups in total. The molecule has 0 amide bonds. The quantitative estimate of drug-likeness (QED) is 0.401. The molecule has 1 aliphatic carbocycles. The van der Waals surface area contributed by atoms with Gasteiger partial charge in [-0.2, -0.15) is 13.2 Å². The predicted molar refractivity (Wildman–Crippen MR) is 136 cm³/mol. The first-order valence-corrected chi connectivity index (χ1v) is 13.2. The summed E-state index contributed by atoms with van der Waals surface area (Å²) in [6, 6.07) is 9.99. The Kier molecular flexibility index (Phi) is 6.22. The minimum atomic E-state index is -4.46. The molecule has 1 unspecified atom stereocenters. The Morgan fingerprint density at radius 3 is 2.46 bits per heavy atom. The van der Waals surface area contributed by atoms with Gasteiger partial charge >= 0.3 is 6.18 Å². The topological polar surface area (TPSA) is 49.2 Å². The van der Waals surface area contributed by atoms with Gasteiger partial charge in [-0.15, -0.1) is 10.2 Å². The molecule has 1 aromatic heterocycles. The number of hydrogen-bond acceptors (Lipinski definition) is 5. The average molecular weight is 547 g/mol. The number of aromatic nitrogens is 3. The van der Waals surface area contributed by atoms with E-state index in [2.05, 4.69) is 22.4 Å². The molecule has 1 atom stereocenters. The van der Waals surface area contributed by atoms with Crippen LogP contribution >= 0.6 is 0 Å². The molecule has 0 bridgehead atoms. The van der Waals surface area contributed by atoms with Crippen molar-refractivity contribution in [3.8, 4) is 0 Å². The van der Waals surface area contributed by atoms with Gasteiger partial charge in [0.15, 0.2) is 5.82 Å². The van der Waals surface area contributed by atoms with Gasteiger partial charge in [0, 0.05) is 37.9 Å². The second-order valence-corrected chi connectivity index (χ2v) is 11.5. The lowest BCUT2D eigenvalue weighted by Gasteiger charge is -2.43. The molecule has 0 spiro atoms. The van der Waals surface area contributed by atoms with Crippen molar-refractivity contribution in [1.29, 1.82) is 0 Å². The van der Waals surface area contributed by atoms with Crippen molar-refractivity contribution < 1.29 is 22.0 Å². The molecular formula is C28H31F5N6. The van der Waals surface area contributed by atoms with Crippen molar-refractivity contribution in [2.45, 2.75) is 69.5 Å². The maximum absolute atomic E-state index is 14.1. The Morgan fingerprint density at radius 1 is 1.08 bits per heavy atom. The molecule has 39 heavy (non-hydrogen) atoms. The molecule has 3 heterocycles. The SMILES string of the molecule is Cn1cnnc1C(c1cccc(N2Cc3cc(CNC4(C)CCC4)cc(C(F)(F)F)c3C2)c1)N1CC(F)(F)C1. The molecule has 3 aromatic rings. The second kappa shape index (κ2) is 9.26. The highest BCUT2D eigenvalue weighted by atomic mass is 19.4. The molecule has 6 rings (SSSR count). The maximum Gasteiger partial charge on any atom is 0.416 e. The van der Waals surface area contributed by atoms with Crippen LogP contribution in [0, 0.1) is 0 Å². The zero-order valence-corrected chi connectivity index (χ0v) is 21.9. The van der Waals surface area contributed by atoms with Crippen molar-refractivity contribution in [3.05, 3.63) is 76.4 Å².